The molecule has 0 saturated carbocycles. The Bertz CT molecular complexity index is 704. The van der Waals surface area contributed by atoms with Crippen molar-refractivity contribution in [1.82, 2.24) is 10.2 Å². The van der Waals surface area contributed by atoms with Gasteiger partial charge in [-0.25, -0.2) is 9.59 Å². The van der Waals surface area contributed by atoms with Crippen molar-refractivity contribution in [3.05, 3.63) is 12.2 Å². The van der Waals surface area contributed by atoms with Crippen LogP contribution in [0.5, 0.6) is 0 Å². The number of amides is 2. The van der Waals surface area contributed by atoms with Gasteiger partial charge in [-0.15, -0.1) is 0 Å². The van der Waals surface area contributed by atoms with E-state index in [0.29, 0.717) is 6.42 Å². The van der Waals surface area contributed by atoms with E-state index in [4.69, 9.17) is 9.47 Å². The second-order valence-electron chi connectivity index (χ2n) is 10.8. The highest BCUT2D eigenvalue weighted by Crippen LogP contribution is 2.37. The van der Waals surface area contributed by atoms with Crippen LogP contribution in [0.3, 0.4) is 0 Å². The van der Waals surface area contributed by atoms with Crippen LogP contribution in [0.1, 0.15) is 75.7 Å². The lowest BCUT2D eigenvalue weighted by atomic mass is 9.86. The van der Waals surface area contributed by atoms with Gasteiger partial charge in [-0.1, -0.05) is 26.0 Å². The van der Waals surface area contributed by atoms with Crippen molar-refractivity contribution in [1.29, 1.82) is 0 Å². The second kappa shape index (κ2) is 10.7. The molecule has 0 aromatic rings. The van der Waals surface area contributed by atoms with Crippen LogP contribution >= 0.6 is 0 Å². The smallest absolute Gasteiger partial charge is 0.411 e. The molecule has 1 saturated heterocycles. The molecular weight excluding hydrogens is 412 g/mol. The molecule has 1 aliphatic heterocycles. The summed E-state index contributed by atoms with van der Waals surface area (Å²) in [6.45, 7) is 17.4. The quantitative estimate of drug-likeness (QED) is 0.471. The summed E-state index contributed by atoms with van der Waals surface area (Å²) < 4.78 is 11.3. The van der Waals surface area contributed by atoms with Crippen LogP contribution in [0, 0.1) is 11.8 Å². The molecule has 2 N–H and O–H groups in total. The van der Waals surface area contributed by atoms with E-state index in [1.54, 1.807) is 41.5 Å². The molecule has 0 spiro atoms. The van der Waals surface area contributed by atoms with Gasteiger partial charge in [-0.2, -0.15) is 0 Å². The van der Waals surface area contributed by atoms with E-state index >= 15 is 0 Å². The van der Waals surface area contributed by atoms with Gasteiger partial charge >= 0.3 is 12.1 Å². The first-order chi connectivity index (χ1) is 14.5. The SMILES string of the molecule is CC=C[C@@H]1C[C@@H](C(=O)OC(C)(C)C)N(C(=O)OC(C)(C)C)[C@H]1[C@@H](NC(C)=O)[C@@H](O)C(C)C. The molecule has 5 atom stereocenters. The minimum absolute atomic E-state index is 0.195. The fourth-order valence-electron chi connectivity index (χ4n) is 3.97. The average molecular weight is 455 g/mol. The minimum atomic E-state index is -0.945. The third-order valence-corrected chi connectivity index (χ3v) is 5.10. The molecule has 184 valence electrons. The van der Waals surface area contributed by atoms with Gasteiger partial charge in [-0.05, 0) is 60.8 Å². The van der Waals surface area contributed by atoms with Crippen molar-refractivity contribution in [2.45, 2.75) is 111 Å². The third kappa shape index (κ3) is 7.80. The molecule has 1 heterocycles. The number of esters is 1. The first kappa shape index (κ1) is 27.9. The summed E-state index contributed by atoms with van der Waals surface area (Å²) in [4.78, 5) is 39.9. The first-order valence-corrected chi connectivity index (χ1v) is 11.3. The number of nitrogens with zero attached hydrogens (tertiary/aromatic N) is 1. The summed E-state index contributed by atoms with van der Waals surface area (Å²) in [7, 11) is 0. The van der Waals surface area contributed by atoms with Crippen molar-refractivity contribution < 1.29 is 29.0 Å². The van der Waals surface area contributed by atoms with Crippen molar-refractivity contribution >= 4 is 18.0 Å². The molecule has 32 heavy (non-hydrogen) atoms. The van der Waals surface area contributed by atoms with E-state index in [-0.39, 0.29) is 17.7 Å². The van der Waals surface area contributed by atoms with Crippen LogP contribution in [-0.4, -0.2) is 63.4 Å². The first-order valence-electron chi connectivity index (χ1n) is 11.3. The van der Waals surface area contributed by atoms with Crippen LogP contribution in [0.2, 0.25) is 0 Å². The van der Waals surface area contributed by atoms with E-state index in [1.165, 1.54) is 11.8 Å². The second-order valence-corrected chi connectivity index (χ2v) is 10.8. The molecule has 0 aromatic carbocycles. The summed E-state index contributed by atoms with van der Waals surface area (Å²) in [5, 5.41) is 13.8. The molecule has 2 amide bonds. The van der Waals surface area contributed by atoms with Gasteiger partial charge in [0, 0.05) is 12.8 Å². The fourth-order valence-corrected chi connectivity index (χ4v) is 3.97. The van der Waals surface area contributed by atoms with Crippen LogP contribution < -0.4 is 5.32 Å². The van der Waals surface area contributed by atoms with Gasteiger partial charge < -0.3 is 19.9 Å². The minimum Gasteiger partial charge on any atom is -0.458 e. The number of carbonyl (C=O) groups is 3. The molecule has 0 radical (unpaired) electrons. The standard InChI is InChI=1S/C24H42N2O6/c1-11-12-16-13-17(21(29)31-23(5,6)7)26(22(30)32-24(8,9)10)19(16)18(25-15(4)27)20(28)14(2)3/h11-12,14,16-20,28H,13H2,1-10H3,(H,25,27)/t16-,17+,18-,19-,20+/m1/s1. The molecule has 8 heteroatoms. The highest BCUT2D eigenvalue weighted by atomic mass is 16.6. The monoisotopic (exact) mass is 454 g/mol. The van der Waals surface area contributed by atoms with Gasteiger partial charge in [-0.3, -0.25) is 9.69 Å². The number of carbonyl (C=O) groups excluding carboxylic acids is 3. The predicted octanol–water partition coefficient (Wildman–Crippen LogP) is 3.42. The Labute approximate surface area is 192 Å². The van der Waals surface area contributed by atoms with E-state index < -0.39 is 47.5 Å². The Morgan fingerprint density at radius 2 is 1.59 bits per heavy atom. The Kier molecular flexibility index (Phi) is 9.33. The number of nitrogens with one attached hydrogen (secondary N) is 1. The maximum atomic E-state index is 13.4. The highest BCUT2D eigenvalue weighted by Gasteiger charge is 2.53. The van der Waals surface area contributed by atoms with Crippen molar-refractivity contribution in [2.75, 3.05) is 0 Å². The van der Waals surface area contributed by atoms with E-state index in [1.807, 2.05) is 32.9 Å². The zero-order chi connectivity index (χ0) is 25.0. The molecule has 1 aliphatic rings. The number of aliphatic hydroxyl groups excluding tert-OH is 1. The number of hydrogen-bond donors (Lipinski definition) is 2. The highest BCUT2D eigenvalue weighted by molar-refractivity contribution is 5.83. The van der Waals surface area contributed by atoms with Crippen molar-refractivity contribution in [2.24, 2.45) is 11.8 Å². The maximum Gasteiger partial charge on any atom is 0.411 e. The Morgan fingerprint density at radius 3 is 2.00 bits per heavy atom. The third-order valence-electron chi connectivity index (χ3n) is 5.10. The maximum absolute atomic E-state index is 13.4. The van der Waals surface area contributed by atoms with Crippen LogP contribution in [-0.2, 0) is 19.1 Å². The topological polar surface area (TPSA) is 105 Å². The number of aliphatic hydroxyl groups is 1. The van der Waals surface area contributed by atoms with Crippen LogP contribution in [0.15, 0.2) is 12.2 Å². The lowest BCUT2D eigenvalue weighted by molar-refractivity contribution is -0.160. The van der Waals surface area contributed by atoms with Gasteiger partial charge in [0.05, 0.1) is 18.2 Å². The Hall–Kier alpha value is -2.09. The van der Waals surface area contributed by atoms with Crippen molar-refractivity contribution in [3.63, 3.8) is 0 Å². The van der Waals surface area contributed by atoms with E-state index in [0.717, 1.165) is 0 Å². The lowest BCUT2D eigenvalue weighted by Crippen LogP contribution is -2.61. The molecule has 8 nitrogen and oxygen atoms in total. The number of allylic oxidation sites excluding steroid dienone is 1. The number of ether oxygens (including phenoxy) is 2. The lowest BCUT2D eigenvalue weighted by Gasteiger charge is -2.40. The molecular formula is C24H42N2O6. The number of likely N-dealkylation sites (tertiary alicyclic amines) is 1. The normalized spacial score (nSPS) is 23.9. The zero-order valence-corrected chi connectivity index (χ0v) is 21.3. The summed E-state index contributed by atoms with van der Waals surface area (Å²) in [5.74, 6) is -1.37. The summed E-state index contributed by atoms with van der Waals surface area (Å²) in [6, 6.07) is -2.40. The van der Waals surface area contributed by atoms with E-state index in [2.05, 4.69) is 5.32 Å². The zero-order valence-electron chi connectivity index (χ0n) is 21.3. The molecule has 1 fully saturated rings. The average Bonchev–Trinajstić information content (AvgIpc) is 2.95. The summed E-state index contributed by atoms with van der Waals surface area (Å²) in [6.07, 6.45) is 2.41. The number of hydrogen-bond acceptors (Lipinski definition) is 6. The van der Waals surface area contributed by atoms with Crippen LogP contribution in [0.4, 0.5) is 4.79 Å². The van der Waals surface area contributed by atoms with Gasteiger partial charge in [0.2, 0.25) is 5.91 Å². The van der Waals surface area contributed by atoms with Gasteiger partial charge in [0.25, 0.3) is 0 Å². The summed E-state index contributed by atoms with van der Waals surface area (Å²) in [5.41, 5.74) is -1.53. The molecule has 0 aliphatic carbocycles. The van der Waals surface area contributed by atoms with Crippen molar-refractivity contribution in [3.8, 4) is 0 Å². The van der Waals surface area contributed by atoms with E-state index in [9.17, 15) is 19.5 Å². The number of rotatable bonds is 6. The molecule has 1 rings (SSSR count). The largest absolute Gasteiger partial charge is 0.458 e. The Morgan fingerprint density at radius 1 is 1.06 bits per heavy atom. The Balaban J connectivity index is 3.59. The fraction of sp³-hybridized carbons (Fsp3) is 0.792. The summed E-state index contributed by atoms with van der Waals surface area (Å²) >= 11 is 0. The molecule has 0 aromatic heterocycles. The molecule has 0 unspecified atom stereocenters. The van der Waals surface area contributed by atoms with Gasteiger partial charge in [0.15, 0.2) is 0 Å². The van der Waals surface area contributed by atoms with Crippen LogP contribution in [0.25, 0.3) is 0 Å². The van der Waals surface area contributed by atoms with Gasteiger partial charge in [0.1, 0.15) is 17.2 Å². The predicted molar refractivity (Wildman–Crippen MR) is 123 cm³/mol. The molecule has 0 bridgehead atoms.